The van der Waals surface area contributed by atoms with Gasteiger partial charge in [-0.05, 0) is 24.8 Å². The molecule has 1 unspecified atom stereocenters. The summed E-state index contributed by atoms with van der Waals surface area (Å²) in [4.78, 5) is 11.9. The Kier molecular flexibility index (Phi) is 4.62. The molecule has 3 heteroatoms. The van der Waals surface area contributed by atoms with E-state index < -0.39 is 0 Å². The first-order chi connectivity index (χ1) is 8.79. The van der Waals surface area contributed by atoms with E-state index in [-0.39, 0.29) is 12.1 Å². The lowest BCUT2D eigenvalue weighted by atomic mass is 10.1. The number of nitrogens with one attached hydrogen (secondary N) is 2. The van der Waals surface area contributed by atoms with Gasteiger partial charge in [-0.25, -0.2) is 4.79 Å². The Hall–Kier alpha value is -1.51. The van der Waals surface area contributed by atoms with Gasteiger partial charge in [-0.3, -0.25) is 0 Å². The lowest BCUT2D eigenvalue weighted by molar-refractivity contribution is 0.233. The maximum atomic E-state index is 11.9. The van der Waals surface area contributed by atoms with Crippen LogP contribution >= 0.6 is 0 Å². The van der Waals surface area contributed by atoms with Crippen LogP contribution in [0, 0.1) is 0 Å². The second-order valence-corrected chi connectivity index (χ2v) is 4.97. The summed E-state index contributed by atoms with van der Waals surface area (Å²) in [7, 11) is 0. The Morgan fingerprint density at radius 3 is 2.56 bits per heavy atom. The molecule has 2 rings (SSSR count). The lowest BCUT2D eigenvalue weighted by Gasteiger charge is -2.20. The normalized spacial score (nSPS) is 17.4. The fourth-order valence-electron chi connectivity index (χ4n) is 2.56. The molecule has 0 radical (unpaired) electrons. The Bertz CT molecular complexity index is 371. The molecular weight excluding hydrogens is 224 g/mol. The van der Waals surface area contributed by atoms with Crippen molar-refractivity contribution in [1.82, 2.24) is 10.6 Å². The van der Waals surface area contributed by atoms with Crippen molar-refractivity contribution in [2.45, 2.75) is 51.1 Å². The molecule has 1 aromatic carbocycles. The van der Waals surface area contributed by atoms with Gasteiger partial charge in [0.25, 0.3) is 0 Å². The highest BCUT2D eigenvalue weighted by atomic mass is 16.2. The Labute approximate surface area is 109 Å². The molecule has 0 aromatic heterocycles. The maximum Gasteiger partial charge on any atom is 0.315 e. The molecule has 1 aromatic rings. The number of urea groups is 1. The van der Waals surface area contributed by atoms with Crippen LogP contribution in [-0.2, 0) is 0 Å². The highest BCUT2D eigenvalue weighted by Gasteiger charge is 2.18. The van der Waals surface area contributed by atoms with Crippen LogP contribution < -0.4 is 10.6 Å². The number of hydrogen-bond donors (Lipinski definition) is 2. The molecule has 0 saturated heterocycles. The molecule has 1 atom stereocenters. The molecule has 2 amide bonds. The van der Waals surface area contributed by atoms with Gasteiger partial charge in [0, 0.05) is 6.04 Å². The molecule has 0 heterocycles. The third-order valence-electron chi connectivity index (χ3n) is 3.61. The third kappa shape index (κ3) is 3.49. The molecule has 0 spiro atoms. The zero-order valence-corrected chi connectivity index (χ0v) is 11.0. The number of carbonyl (C=O) groups is 1. The van der Waals surface area contributed by atoms with Gasteiger partial charge in [0.05, 0.1) is 6.04 Å². The van der Waals surface area contributed by atoms with E-state index in [1.54, 1.807) is 0 Å². The van der Waals surface area contributed by atoms with E-state index >= 15 is 0 Å². The van der Waals surface area contributed by atoms with Crippen molar-refractivity contribution in [3.05, 3.63) is 35.9 Å². The molecule has 3 nitrogen and oxygen atoms in total. The van der Waals surface area contributed by atoms with Crippen LogP contribution in [-0.4, -0.2) is 12.1 Å². The number of carbonyl (C=O) groups excluding carboxylic acids is 1. The minimum absolute atomic E-state index is 0.0300. The average molecular weight is 246 g/mol. The lowest BCUT2D eigenvalue weighted by Crippen LogP contribution is -2.42. The van der Waals surface area contributed by atoms with Crippen molar-refractivity contribution in [3.63, 3.8) is 0 Å². The largest absolute Gasteiger partial charge is 0.335 e. The standard InChI is InChI=1S/C15H22N2O/c1-2-14(12-8-4-3-5-9-12)17-15(18)16-13-10-6-7-11-13/h3-5,8-9,13-14H,2,6-7,10-11H2,1H3,(H2,16,17,18). The van der Waals surface area contributed by atoms with Crippen LogP contribution in [0.25, 0.3) is 0 Å². The number of benzene rings is 1. The second-order valence-electron chi connectivity index (χ2n) is 4.97. The second kappa shape index (κ2) is 6.43. The topological polar surface area (TPSA) is 41.1 Å². The van der Waals surface area contributed by atoms with Crippen LogP contribution in [0.15, 0.2) is 30.3 Å². The van der Waals surface area contributed by atoms with E-state index in [9.17, 15) is 4.79 Å². The van der Waals surface area contributed by atoms with Gasteiger partial charge in [0.2, 0.25) is 0 Å². The zero-order chi connectivity index (χ0) is 12.8. The van der Waals surface area contributed by atoms with Crippen LogP contribution in [0.2, 0.25) is 0 Å². The predicted molar refractivity (Wildman–Crippen MR) is 73.4 cm³/mol. The van der Waals surface area contributed by atoms with Gasteiger partial charge in [0.15, 0.2) is 0 Å². The van der Waals surface area contributed by atoms with Crippen molar-refractivity contribution >= 4 is 6.03 Å². The monoisotopic (exact) mass is 246 g/mol. The van der Waals surface area contributed by atoms with Crippen molar-refractivity contribution in [2.75, 3.05) is 0 Å². The summed E-state index contributed by atoms with van der Waals surface area (Å²) in [5.41, 5.74) is 1.17. The van der Waals surface area contributed by atoms with E-state index in [4.69, 9.17) is 0 Å². The van der Waals surface area contributed by atoms with Crippen molar-refractivity contribution in [3.8, 4) is 0 Å². The first-order valence-corrected chi connectivity index (χ1v) is 6.91. The SMILES string of the molecule is CCC(NC(=O)NC1CCCC1)c1ccccc1. The van der Waals surface area contributed by atoms with Crippen LogP contribution in [0.1, 0.15) is 50.6 Å². The van der Waals surface area contributed by atoms with Crippen molar-refractivity contribution in [2.24, 2.45) is 0 Å². The smallest absolute Gasteiger partial charge is 0.315 e. The maximum absolute atomic E-state index is 11.9. The zero-order valence-electron chi connectivity index (χ0n) is 11.0. The molecule has 1 fully saturated rings. The van der Waals surface area contributed by atoms with Crippen molar-refractivity contribution < 1.29 is 4.79 Å². The molecular formula is C15H22N2O. The Balaban J connectivity index is 1.87. The van der Waals surface area contributed by atoms with E-state index in [1.165, 1.54) is 18.4 Å². The van der Waals surface area contributed by atoms with Crippen LogP contribution in [0.3, 0.4) is 0 Å². The fourth-order valence-corrected chi connectivity index (χ4v) is 2.56. The first-order valence-electron chi connectivity index (χ1n) is 6.91. The molecule has 0 aliphatic heterocycles. The van der Waals surface area contributed by atoms with E-state index in [0.717, 1.165) is 19.3 Å². The summed E-state index contributed by atoms with van der Waals surface area (Å²) in [6.45, 7) is 2.09. The summed E-state index contributed by atoms with van der Waals surface area (Å²) in [6.07, 6.45) is 5.62. The van der Waals surface area contributed by atoms with Crippen LogP contribution in [0.4, 0.5) is 4.79 Å². The summed E-state index contributed by atoms with van der Waals surface area (Å²) < 4.78 is 0. The quantitative estimate of drug-likeness (QED) is 0.840. The van der Waals surface area contributed by atoms with Crippen LogP contribution in [0.5, 0.6) is 0 Å². The molecule has 2 N–H and O–H groups in total. The highest BCUT2D eigenvalue weighted by molar-refractivity contribution is 5.74. The molecule has 1 saturated carbocycles. The molecule has 98 valence electrons. The number of rotatable bonds is 4. The summed E-state index contributed by atoms with van der Waals surface area (Å²) in [6, 6.07) is 10.6. The number of amides is 2. The molecule has 18 heavy (non-hydrogen) atoms. The number of hydrogen-bond acceptors (Lipinski definition) is 1. The summed E-state index contributed by atoms with van der Waals surface area (Å²) in [5, 5.41) is 6.12. The first kappa shape index (κ1) is 12.9. The average Bonchev–Trinajstić information content (AvgIpc) is 2.90. The minimum Gasteiger partial charge on any atom is -0.335 e. The third-order valence-corrected chi connectivity index (χ3v) is 3.61. The molecule has 1 aliphatic rings. The predicted octanol–water partition coefficient (Wildman–Crippen LogP) is 3.38. The van der Waals surface area contributed by atoms with Gasteiger partial charge >= 0.3 is 6.03 Å². The molecule has 1 aliphatic carbocycles. The van der Waals surface area contributed by atoms with Gasteiger partial charge in [-0.15, -0.1) is 0 Å². The van der Waals surface area contributed by atoms with E-state index in [2.05, 4.69) is 29.7 Å². The Morgan fingerprint density at radius 1 is 1.28 bits per heavy atom. The highest BCUT2D eigenvalue weighted by Crippen LogP contribution is 2.18. The summed E-state index contributed by atoms with van der Waals surface area (Å²) in [5.74, 6) is 0. The van der Waals surface area contributed by atoms with E-state index in [1.807, 2.05) is 18.2 Å². The van der Waals surface area contributed by atoms with Gasteiger partial charge < -0.3 is 10.6 Å². The van der Waals surface area contributed by atoms with Gasteiger partial charge in [-0.2, -0.15) is 0 Å². The summed E-state index contributed by atoms with van der Waals surface area (Å²) >= 11 is 0. The fraction of sp³-hybridized carbons (Fsp3) is 0.533. The Morgan fingerprint density at radius 2 is 1.94 bits per heavy atom. The molecule has 0 bridgehead atoms. The van der Waals surface area contributed by atoms with E-state index in [0.29, 0.717) is 6.04 Å². The van der Waals surface area contributed by atoms with Gasteiger partial charge in [0.1, 0.15) is 0 Å². The van der Waals surface area contributed by atoms with Crippen molar-refractivity contribution in [1.29, 1.82) is 0 Å². The minimum atomic E-state index is -0.0300. The van der Waals surface area contributed by atoms with Gasteiger partial charge in [-0.1, -0.05) is 50.1 Å².